The van der Waals surface area contributed by atoms with Gasteiger partial charge in [-0.25, -0.2) is 0 Å². The van der Waals surface area contributed by atoms with Crippen LogP contribution in [0.3, 0.4) is 0 Å². The summed E-state index contributed by atoms with van der Waals surface area (Å²) in [4.78, 5) is 13.6. The maximum Gasteiger partial charge on any atom is 0.244 e. The zero-order valence-electron chi connectivity index (χ0n) is 9.49. The quantitative estimate of drug-likeness (QED) is 0.695. The summed E-state index contributed by atoms with van der Waals surface area (Å²) in [6, 6.07) is 3.85. The Labute approximate surface area is 95.6 Å². The van der Waals surface area contributed by atoms with Gasteiger partial charge in [-0.1, -0.05) is 6.92 Å². The fourth-order valence-corrected chi connectivity index (χ4v) is 2.11. The predicted octanol–water partition coefficient (Wildman–Crippen LogP) is 0.394. The summed E-state index contributed by atoms with van der Waals surface area (Å²) in [5.74, 6) is -0.115. The first-order chi connectivity index (χ1) is 7.70. The SMILES string of the molecule is CCC1(C(=O)N(CC#N)CC#N)CCCN1. The number of nitriles is 2. The highest BCUT2D eigenvalue weighted by Gasteiger charge is 2.41. The van der Waals surface area contributed by atoms with E-state index in [9.17, 15) is 4.79 Å². The Morgan fingerprint density at radius 2 is 2.06 bits per heavy atom. The van der Waals surface area contributed by atoms with E-state index in [1.165, 1.54) is 4.90 Å². The lowest BCUT2D eigenvalue weighted by Crippen LogP contribution is -2.54. The topological polar surface area (TPSA) is 79.9 Å². The number of hydrogen-bond acceptors (Lipinski definition) is 4. The van der Waals surface area contributed by atoms with Crippen molar-refractivity contribution in [2.24, 2.45) is 0 Å². The van der Waals surface area contributed by atoms with Crippen LogP contribution in [0.2, 0.25) is 0 Å². The Kier molecular flexibility index (Phi) is 4.28. The first kappa shape index (κ1) is 12.5. The van der Waals surface area contributed by atoms with Crippen LogP contribution in [0.1, 0.15) is 26.2 Å². The number of carbonyl (C=O) groups excluding carboxylic acids is 1. The molecular formula is C11H16N4O. The summed E-state index contributed by atoms with van der Waals surface area (Å²) in [6.07, 6.45) is 2.45. The van der Waals surface area contributed by atoms with Crippen molar-refractivity contribution in [3.05, 3.63) is 0 Å². The highest BCUT2D eigenvalue weighted by Crippen LogP contribution is 2.25. The van der Waals surface area contributed by atoms with Gasteiger partial charge in [-0.15, -0.1) is 0 Å². The number of hydrogen-bond donors (Lipinski definition) is 1. The average molecular weight is 220 g/mol. The van der Waals surface area contributed by atoms with Crippen LogP contribution in [0.5, 0.6) is 0 Å². The van der Waals surface area contributed by atoms with Gasteiger partial charge >= 0.3 is 0 Å². The highest BCUT2D eigenvalue weighted by atomic mass is 16.2. The standard InChI is InChI=1S/C11H16N4O/c1-2-11(4-3-7-14-11)10(16)15(8-5-12)9-6-13/h14H,2-4,7-9H2,1H3. The molecule has 0 aliphatic carbocycles. The molecule has 1 N–H and O–H groups in total. The second-order valence-corrected chi connectivity index (χ2v) is 3.94. The third kappa shape index (κ3) is 2.32. The average Bonchev–Trinajstić information content (AvgIpc) is 2.77. The van der Waals surface area contributed by atoms with Crippen molar-refractivity contribution in [2.75, 3.05) is 19.6 Å². The van der Waals surface area contributed by atoms with Gasteiger partial charge in [0, 0.05) is 0 Å². The molecule has 0 aromatic carbocycles. The molecular weight excluding hydrogens is 204 g/mol. The Balaban J connectivity index is 2.80. The van der Waals surface area contributed by atoms with Crippen LogP contribution in [-0.2, 0) is 4.79 Å². The molecule has 16 heavy (non-hydrogen) atoms. The summed E-state index contributed by atoms with van der Waals surface area (Å²) < 4.78 is 0. The van der Waals surface area contributed by atoms with Gasteiger partial charge in [0.05, 0.1) is 17.7 Å². The van der Waals surface area contributed by atoms with Crippen LogP contribution < -0.4 is 5.32 Å². The van der Waals surface area contributed by atoms with Crippen LogP contribution in [0, 0.1) is 22.7 Å². The Hall–Kier alpha value is -1.59. The summed E-state index contributed by atoms with van der Waals surface area (Å²) >= 11 is 0. The van der Waals surface area contributed by atoms with Gasteiger partial charge in [0.1, 0.15) is 13.1 Å². The molecule has 1 aliphatic heterocycles. The molecule has 1 saturated heterocycles. The van der Waals surface area contributed by atoms with Crippen molar-refractivity contribution in [1.29, 1.82) is 10.5 Å². The smallest absolute Gasteiger partial charge is 0.244 e. The van der Waals surface area contributed by atoms with E-state index in [1.807, 2.05) is 19.1 Å². The second kappa shape index (κ2) is 5.48. The fourth-order valence-electron chi connectivity index (χ4n) is 2.11. The lowest BCUT2D eigenvalue weighted by atomic mass is 9.92. The third-order valence-electron chi connectivity index (χ3n) is 3.07. The molecule has 1 heterocycles. The van der Waals surface area contributed by atoms with E-state index in [0.29, 0.717) is 6.42 Å². The maximum atomic E-state index is 12.2. The first-order valence-electron chi connectivity index (χ1n) is 5.48. The van der Waals surface area contributed by atoms with Crippen molar-refractivity contribution >= 4 is 5.91 Å². The monoisotopic (exact) mass is 220 g/mol. The van der Waals surface area contributed by atoms with Crippen molar-refractivity contribution < 1.29 is 4.79 Å². The van der Waals surface area contributed by atoms with E-state index in [0.717, 1.165) is 19.4 Å². The summed E-state index contributed by atoms with van der Waals surface area (Å²) in [5, 5.41) is 20.5. The minimum atomic E-state index is -0.548. The minimum Gasteiger partial charge on any atom is -0.314 e. The molecule has 1 amide bonds. The Morgan fingerprint density at radius 3 is 2.44 bits per heavy atom. The van der Waals surface area contributed by atoms with Gasteiger partial charge in [-0.05, 0) is 25.8 Å². The van der Waals surface area contributed by atoms with Gasteiger partial charge < -0.3 is 10.2 Å². The van der Waals surface area contributed by atoms with E-state index in [1.54, 1.807) is 0 Å². The molecule has 0 aromatic heterocycles. The zero-order chi connectivity index (χ0) is 12.0. The third-order valence-corrected chi connectivity index (χ3v) is 3.07. The molecule has 1 unspecified atom stereocenters. The van der Waals surface area contributed by atoms with Crippen molar-refractivity contribution in [2.45, 2.75) is 31.7 Å². The van der Waals surface area contributed by atoms with Crippen LogP contribution >= 0.6 is 0 Å². The Morgan fingerprint density at radius 1 is 1.44 bits per heavy atom. The molecule has 5 heteroatoms. The Bertz CT molecular complexity index is 317. The molecule has 5 nitrogen and oxygen atoms in total. The predicted molar refractivity (Wildman–Crippen MR) is 58.1 cm³/mol. The minimum absolute atomic E-state index is 0.0180. The number of carbonyl (C=O) groups is 1. The number of amides is 1. The van der Waals surface area contributed by atoms with E-state index < -0.39 is 5.54 Å². The van der Waals surface area contributed by atoms with E-state index in [-0.39, 0.29) is 19.0 Å². The molecule has 0 spiro atoms. The lowest BCUT2D eigenvalue weighted by molar-refractivity contribution is -0.136. The zero-order valence-corrected chi connectivity index (χ0v) is 9.49. The van der Waals surface area contributed by atoms with Crippen LogP contribution in [0.15, 0.2) is 0 Å². The van der Waals surface area contributed by atoms with Crippen molar-refractivity contribution in [3.63, 3.8) is 0 Å². The van der Waals surface area contributed by atoms with E-state index in [4.69, 9.17) is 10.5 Å². The normalized spacial score (nSPS) is 23.4. The highest BCUT2D eigenvalue weighted by molar-refractivity contribution is 5.87. The molecule has 0 bridgehead atoms. The van der Waals surface area contributed by atoms with Gasteiger partial charge in [0.15, 0.2) is 0 Å². The molecule has 1 rings (SSSR count). The molecule has 0 aromatic rings. The number of rotatable bonds is 4. The summed E-state index contributed by atoms with van der Waals surface area (Å²) in [5.41, 5.74) is -0.548. The summed E-state index contributed by atoms with van der Waals surface area (Å²) in [7, 11) is 0. The molecule has 86 valence electrons. The second-order valence-electron chi connectivity index (χ2n) is 3.94. The largest absolute Gasteiger partial charge is 0.314 e. The molecule has 1 aliphatic rings. The van der Waals surface area contributed by atoms with Crippen molar-refractivity contribution in [1.82, 2.24) is 10.2 Å². The van der Waals surface area contributed by atoms with Gasteiger partial charge in [-0.2, -0.15) is 10.5 Å². The van der Waals surface area contributed by atoms with Gasteiger partial charge in [0.25, 0.3) is 0 Å². The lowest BCUT2D eigenvalue weighted by Gasteiger charge is -2.31. The van der Waals surface area contributed by atoms with Crippen LogP contribution in [0.25, 0.3) is 0 Å². The van der Waals surface area contributed by atoms with Crippen LogP contribution in [-0.4, -0.2) is 36.0 Å². The molecule has 0 radical (unpaired) electrons. The number of nitrogens with zero attached hydrogens (tertiary/aromatic N) is 3. The first-order valence-corrected chi connectivity index (χ1v) is 5.48. The van der Waals surface area contributed by atoms with Crippen LogP contribution in [0.4, 0.5) is 0 Å². The van der Waals surface area contributed by atoms with Crippen molar-refractivity contribution in [3.8, 4) is 12.1 Å². The molecule has 0 saturated carbocycles. The maximum absolute atomic E-state index is 12.2. The van der Waals surface area contributed by atoms with Gasteiger partial charge in [0.2, 0.25) is 5.91 Å². The summed E-state index contributed by atoms with van der Waals surface area (Å²) in [6.45, 7) is 2.74. The molecule has 1 atom stereocenters. The van der Waals surface area contributed by atoms with Gasteiger partial charge in [-0.3, -0.25) is 4.79 Å². The molecule has 1 fully saturated rings. The van der Waals surface area contributed by atoms with E-state index in [2.05, 4.69) is 5.32 Å². The van der Waals surface area contributed by atoms with E-state index >= 15 is 0 Å². The number of nitrogens with one attached hydrogen (secondary N) is 1. The fraction of sp³-hybridized carbons (Fsp3) is 0.727.